The van der Waals surface area contributed by atoms with Gasteiger partial charge in [0.05, 0.1) is 10.7 Å². The van der Waals surface area contributed by atoms with Crippen molar-refractivity contribution in [3.63, 3.8) is 0 Å². The maximum Gasteiger partial charge on any atom is 0.182 e. The van der Waals surface area contributed by atoms with Crippen LogP contribution in [0.4, 0.5) is 0 Å². The number of aryl methyl sites for hydroxylation is 1. The summed E-state index contributed by atoms with van der Waals surface area (Å²) in [5.74, 6) is 0.309. The zero-order valence-corrected chi connectivity index (χ0v) is 10.6. The van der Waals surface area contributed by atoms with E-state index >= 15 is 0 Å². The van der Waals surface area contributed by atoms with E-state index in [-0.39, 0.29) is 11.7 Å². The van der Waals surface area contributed by atoms with Crippen LogP contribution in [0.5, 0.6) is 0 Å². The van der Waals surface area contributed by atoms with Crippen LogP contribution in [0.3, 0.4) is 0 Å². The molecule has 0 saturated heterocycles. The van der Waals surface area contributed by atoms with Crippen molar-refractivity contribution >= 4 is 21.7 Å². The van der Waals surface area contributed by atoms with E-state index in [1.165, 1.54) is 0 Å². The molecule has 0 amide bonds. The van der Waals surface area contributed by atoms with Crippen LogP contribution in [0.25, 0.3) is 0 Å². The number of nitrogens with zero attached hydrogens (tertiary/aromatic N) is 2. The Labute approximate surface area is 98.0 Å². The van der Waals surface area contributed by atoms with E-state index in [1.54, 1.807) is 10.9 Å². The fourth-order valence-corrected chi connectivity index (χ4v) is 1.89. The Morgan fingerprint density at radius 3 is 2.93 bits per heavy atom. The van der Waals surface area contributed by atoms with Crippen molar-refractivity contribution in [2.75, 3.05) is 6.54 Å². The molecule has 5 heteroatoms. The molecule has 1 aromatic rings. The number of carbonyl (C=O) groups is 1. The van der Waals surface area contributed by atoms with E-state index in [4.69, 9.17) is 5.73 Å². The average Bonchev–Trinajstić information content (AvgIpc) is 2.59. The predicted molar refractivity (Wildman–Crippen MR) is 62.8 cm³/mol. The first kappa shape index (κ1) is 12.4. The second kappa shape index (κ2) is 5.42. The molecule has 0 aromatic carbocycles. The van der Waals surface area contributed by atoms with Crippen molar-refractivity contribution in [3.8, 4) is 0 Å². The molecular formula is C10H16BrN3O. The van der Waals surface area contributed by atoms with Crippen molar-refractivity contribution in [1.29, 1.82) is 0 Å². The molecule has 0 fully saturated rings. The Balaban J connectivity index is 2.85. The lowest BCUT2D eigenvalue weighted by Gasteiger charge is -2.08. The molecule has 84 valence electrons. The highest BCUT2D eigenvalue weighted by Gasteiger charge is 2.17. The van der Waals surface area contributed by atoms with Crippen LogP contribution in [-0.4, -0.2) is 22.1 Å². The van der Waals surface area contributed by atoms with Crippen LogP contribution in [0, 0.1) is 5.92 Å². The quantitative estimate of drug-likeness (QED) is 0.833. The third-order valence-electron chi connectivity index (χ3n) is 2.29. The topological polar surface area (TPSA) is 60.9 Å². The lowest BCUT2D eigenvalue weighted by Crippen LogP contribution is -2.18. The van der Waals surface area contributed by atoms with Gasteiger partial charge in [0.15, 0.2) is 5.78 Å². The molecule has 1 rings (SSSR count). The Kier molecular flexibility index (Phi) is 4.47. The van der Waals surface area contributed by atoms with Crippen molar-refractivity contribution in [2.24, 2.45) is 11.7 Å². The highest BCUT2D eigenvalue weighted by Crippen LogP contribution is 2.19. The van der Waals surface area contributed by atoms with Crippen molar-refractivity contribution in [2.45, 2.75) is 26.8 Å². The first-order valence-corrected chi connectivity index (χ1v) is 5.84. The minimum atomic E-state index is 0.0965. The summed E-state index contributed by atoms with van der Waals surface area (Å²) in [7, 11) is 0. The monoisotopic (exact) mass is 273 g/mol. The number of aromatic nitrogens is 2. The van der Waals surface area contributed by atoms with Gasteiger partial charge < -0.3 is 5.73 Å². The largest absolute Gasteiger partial charge is 0.330 e. The molecule has 0 aliphatic rings. The molecule has 0 saturated carbocycles. The minimum absolute atomic E-state index is 0.0965. The summed E-state index contributed by atoms with van der Waals surface area (Å²) in [4.78, 5) is 11.9. The summed E-state index contributed by atoms with van der Waals surface area (Å²) in [5.41, 5.74) is 6.15. The zero-order valence-electron chi connectivity index (χ0n) is 9.03. The number of rotatable bonds is 5. The SMILES string of the molecule is CCn1ncc(Br)c1C(=O)CC(C)CN. The zero-order chi connectivity index (χ0) is 11.4. The van der Waals surface area contributed by atoms with Gasteiger partial charge in [0.2, 0.25) is 0 Å². The Bertz CT molecular complexity index is 348. The second-order valence-electron chi connectivity index (χ2n) is 3.63. The van der Waals surface area contributed by atoms with Crippen molar-refractivity contribution in [1.82, 2.24) is 9.78 Å². The number of hydrogen-bond donors (Lipinski definition) is 1. The molecule has 1 heterocycles. The average molecular weight is 274 g/mol. The summed E-state index contributed by atoms with van der Waals surface area (Å²) in [5, 5.41) is 4.11. The lowest BCUT2D eigenvalue weighted by atomic mass is 10.0. The van der Waals surface area contributed by atoms with Gasteiger partial charge in [0.1, 0.15) is 5.69 Å². The number of Topliss-reactive ketones (excluding diaryl/α,β-unsaturated/α-hetero) is 1. The number of nitrogens with two attached hydrogens (primary N) is 1. The fourth-order valence-electron chi connectivity index (χ4n) is 1.38. The van der Waals surface area contributed by atoms with E-state index < -0.39 is 0 Å². The normalized spacial score (nSPS) is 12.8. The van der Waals surface area contributed by atoms with Crippen LogP contribution in [-0.2, 0) is 6.54 Å². The molecule has 2 N–H and O–H groups in total. The van der Waals surface area contributed by atoms with Gasteiger partial charge in [-0.15, -0.1) is 0 Å². The molecule has 1 aromatic heterocycles. The van der Waals surface area contributed by atoms with Gasteiger partial charge in [-0.3, -0.25) is 9.48 Å². The summed E-state index contributed by atoms with van der Waals surface area (Å²) in [6.07, 6.45) is 2.13. The number of carbonyl (C=O) groups excluding carboxylic acids is 1. The first-order valence-electron chi connectivity index (χ1n) is 5.04. The molecule has 4 nitrogen and oxygen atoms in total. The second-order valence-corrected chi connectivity index (χ2v) is 4.48. The van der Waals surface area contributed by atoms with E-state index in [0.29, 0.717) is 25.2 Å². The highest BCUT2D eigenvalue weighted by molar-refractivity contribution is 9.10. The van der Waals surface area contributed by atoms with Crippen LogP contribution in [0.2, 0.25) is 0 Å². The van der Waals surface area contributed by atoms with Gasteiger partial charge in [-0.05, 0) is 35.3 Å². The molecule has 0 aliphatic heterocycles. The molecule has 1 atom stereocenters. The third-order valence-corrected chi connectivity index (χ3v) is 2.88. The van der Waals surface area contributed by atoms with Gasteiger partial charge >= 0.3 is 0 Å². The Morgan fingerprint density at radius 1 is 1.73 bits per heavy atom. The molecule has 0 bridgehead atoms. The Morgan fingerprint density at radius 2 is 2.40 bits per heavy atom. The van der Waals surface area contributed by atoms with Gasteiger partial charge in [0, 0.05) is 13.0 Å². The van der Waals surface area contributed by atoms with E-state index in [0.717, 1.165) is 4.47 Å². The van der Waals surface area contributed by atoms with Gasteiger partial charge in [-0.2, -0.15) is 5.10 Å². The molecule has 0 spiro atoms. The minimum Gasteiger partial charge on any atom is -0.330 e. The maximum atomic E-state index is 11.9. The summed E-state index contributed by atoms with van der Waals surface area (Å²) >= 11 is 3.33. The highest BCUT2D eigenvalue weighted by atomic mass is 79.9. The maximum absolute atomic E-state index is 11.9. The van der Waals surface area contributed by atoms with E-state index in [9.17, 15) is 4.79 Å². The molecule has 15 heavy (non-hydrogen) atoms. The van der Waals surface area contributed by atoms with Crippen molar-refractivity contribution in [3.05, 3.63) is 16.4 Å². The predicted octanol–water partition coefficient (Wildman–Crippen LogP) is 1.83. The molecule has 0 aliphatic carbocycles. The molecule has 1 unspecified atom stereocenters. The summed E-state index contributed by atoms with van der Waals surface area (Å²) < 4.78 is 2.47. The number of halogens is 1. The molecule has 0 radical (unpaired) electrons. The lowest BCUT2D eigenvalue weighted by molar-refractivity contribution is 0.0954. The van der Waals surface area contributed by atoms with Crippen LogP contribution < -0.4 is 5.73 Å². The summed E-state index contributed by atoms with van der Waals surface area (Å²) in [6, 6.07) is 0. The van der Waals surface area contributed by atoms with Gasteiger partial charge in [-0.1, -0.05) is 6.92 Å². The Hall–Kier alpha value is -0.680. The van der Waals surface area contributed by atoms with Gasteiger partial charge in [-0.25, -0.2) is 0 Å². The van der Waals surface area contributed by atoms with Gasteiger partial charge in [0.25, 0.3) is 0 Å². The molecular weight excluding hydrogens is 258 g/mol. The third kappa shape index (κ3) is 2.89. The van der Waals surface area contributed by atoms with E-state index in [2.05, 4.69) is 21.0 Å². The smallest absolute Gasteiger partial charge is 0.182 e. The summed E-state index contributed by atoms with van der Waals surface area (Å²) in [6.45, 7) is 5.16. The first-order chi connectivity index (χ1) is 7.10. The fraction of sp³-hybridized carbons (Fsp3) is 0.600. The standard InChI is InChI=1S/C10H16BrN3O/c1-3-14-10(8(11)6-13-14)9(15)4-7(2)5-12/h6-7H,3-5,12H2,1-2H3. The van der Waals surface area contributed by atoms with Crippen LogP contribution in [0.1, 0.15) is 30.8 Å². The van der Waals surface area contributed by atoms with Crippen molar-refractivity contribution < 1.29 is 4.79 Å². The number of ketones is 1. The number of hydrogen-bond acceptors (Lipinski definition) is 3. The van der Waals surface area contributed by atoms with Crippen LogP contribution >= 0.6 is 15.9 Å². The van der Waals surface area contributed by atoms with Crippen LogP contribution in [0.15, 0.2) is 10.7 Å². The van der Waals surface area contributed by atoms with E-state index in [1.807, 2.05) is 13.8 Å².